The summed E-state index contributed by atoms with van der Waals surface area (Å²) in [4.78, 5) is 9.62. The highest BCUT2D eigenvalue weighted by Gasteiger charge is 2.16. The minimum absolute atomic E-state index is 0.764. The predicted octanol–water partition coefficient (Wildman–Crippen LogP) is 7.30. The third-order valence-electron chi connectivity index (χ3n) is 5.44. The average molecular weight is 498 g/mol. The van der Waals surface area contributed by atoms with E-state index in [1.54, 1.807) is 0 Å². The largest absolute Gasteiger partial charge is 0.378 e. The van der Waals surface area contributed by atoms with Crippen LogP contribution in [0.15, 0.2) is 119 Å². The van der Waals surface area contributed by atoms with Crippen molar-refractivity contribution in [2.24, 2.45) is 4.99 Å². The van der Waals surface area contributed by atoms with Gasteiger partial charge in [-0.2, -0.15) is 0 Å². The molecule has 3 nitrogen and oxygen atoms in total. The first kappa shape index (κ1) is 22.8. The Morgan fingerprint density at radius 2 is 1.18 bits per heavy atom. The molecule has 4 aromatic carbocycles. The van der Waals surface area contributed by atoms with Crippen LogP contribution in [0.4, 0.5) is 11.4 Å². The van der Waals surface area contributed by atoms with Gasteiger partial charge in [0.2, 0.25) is 0 Å². The Kier molecular flexibility index (Phi) is 7.59. The molecule has 0 aliphatic carbocycles. The van der Waals surface area contributed by atoms with E-state index in [0.29, 0.717) is 0 Å². The van der Waals surface area contributed by atoms with Gasteiger partial charge in [0.15, 0.2) is 0 Å². The van der Waals surface area contributed by atoms with Gasteiger partial charge >= 0.3 is 0 Å². The van der Waals surface area contributed by atoms with E-state index >= 15 is 0 Å². The molecule has 0 aliphatic rings. The van der Waals surface area contributed by atoms with E-state index in [4.69, 9.17) is 4.99 Å². The van der Waals surface area contributed by atoms with Crippen LogP contribution in [0.2, 0.25) is 0 Å². The SMILES string of the molecule is CN(C)c1ccc(C(=Nc2ccc(Br)cc2)N(Cc2ccccc2)Cc2ccccc2)cc1. The fourth-order valence-corrected chi connectivity index (χ4v) is 3.94. The van der Waals surface area contributed by atoms with Crippen LogP contribution in [0.3, 0.4) is 0 Å². The zero-order chi connectivity index (χ0) is 23.0. The number of halogens is 1. The Bertz CT molecular complexity index is 1130. The van der Waals surface area contributed by atoms with E-state index < -0.39 is 0 Å². The van der Waals surface area contributed by atoms with Gasteiger partial charge in [0.1, 0.15) is 5.84 Å². The van der Waals surface area contributed by atoms with Gasteiger partial charge in [0.05, 0.1) is 5.69 Å². The zero-order valence-corrected chi connectivity index (χ0v) is 20.6. The summed E-state index contributed by atoms with van der Waals surface area (Å²) in [6.07, 6.45) is 0. The van der Waals surface area contributed by atoms with Crippen molar-refractivity contribution in [2.75, 3.05) is 19.0 Å². The fraction of sp³-hybridized carbons (Fsp3) is 0.138. The number of aliphatic imine (C=N–C) groups is 1. The van der Waals surface area contributed by atoms with Crippen molar-refractivity contribution in [2.45, 2.75) is 13.1 Å². The van der Waals surface area contributed by atoms with Gasteiger partial charge in [-0.15, -0.1) is 0 Å². The number of amidine groups is 1. The predicted molar refractivity (Wildman–Crippen MR) is 143 cm³/mol. The molecule has 0 saturated carbocycles. The summed E-state index contributed by atoms with van der Waals surface area (Å²) in [6.45, 7) is 1.53. The maximum absolute atomic E-state index is 5.15. The first-order valence-electron chi connectivity index (χ1n) is 11.0. The summed E-state index contributed by atoms with van der Waals surface area (Å²) in [5.74, 6) is 0.954. The van der Waals surface area contributed by atoms with Gasteiger partial charge in [-0.1, -0.05) is 76.6 Å². The molecule has 33 heavy (non-hydrogen) atoms. The molecule has 0 N–H and O–H groups in total. The van der Waals surface area contributed by atoms with Crippen LogP contribution >= 0.6 is 15.9 Å². The molecule has 0 unspecified atom stereocenters. The minimum Gasteiger partial charge on any atom is -0.378 e. The number of nitrogens with zero attached hydrogens (tertiary/aromatic N) is 3. The molecule has 0 aliphatic heterocycles. The summed E-state index contributed by atoms with van der Waals surface area (Å²) in [5.41, 5.74) is 5.69. The molecule has 0 spiro atoms. The van der Waals surface area contributed by atoms with Crippen LogP contribution in [0, 0.1) is 0 Å². The minimum atomic E-state index is 0.764. The lowest BCUT2D eigenvalue weighted by Gasteiger charge is -2.27. The molecule has 0 fully saturated rings. The molecule has 0 saturated heterocycles. The van der Waals surface area contributed by atoms with Crippen LogP contribution in [-0.4, -0.2) is 24.8 Å². The first-order valence-corrected chi connectivity index (χ1v) is 11.8. The van der Waals surface area contributed by atoms with Crippen molar-refractivity contribution in [3.63, 3.8) is 0 Å². The molecular formula is C29H28BrN3. The van der Waals surface area contributed by atoms with Gasteiger partial charge in [0, 0.05) is 42.9 Å². The lowest BCUT2D eigenvalue weighted by molar-refractivity contribution is 0.407. The molecule has 4 aromatic rings. The highest BCUT2D eigenvalue weighted by atomic mass is 79.9. The second kappa shape index (κ2) is 11.0. The molecule has 4 heteroatoms. The molecule has 0 amide bonds. The summed E-state index contributed by atoms with van der Waals surface area (Å²) in [7, 11) is 4.12. The fourth-order valence-electron chi connectivity index (χ4n) is 3.68. The van der Waals surface area contributed by atoms with Crippen molar-refractivity contribution < 1.29 is 0 Å². The lowest BCUT2D eigenvalue weighted by atomic mass is 10.1. The second-order valence-electron chi connectivity index (χ2n) is 8.18. The maximum atomic E-state index is 5.15. The zero-order valence-electron chi connectivity index (χ0n) is 19.0. The third kappa shape index (κ3) is 6.33. The Morgan fingerprint density at radius 1 is 0.667 bits per heavy atom. The van der Waals surface area contributed by atoms with Gasteiger partial charge in [-0.05, 0) is 59.7 Å². The van der Waals surface area contributed by atoms with Gasteiger partial charge < -0.3 is 9.80 Å². The molecule has 0 bridgehead atoms. The van der Waals surface area contributed by atoms with E-state index in [-0.39, 0.29) is 0 Å². The van der Waals surface area contributed by atoms with Crippen LogP contribution < -0.4 is 4.90 Å². The Balaban J connectivity index is 1.79. The smallest absolute Gasteiger partial charge is 0.137 e. The normalized spacial score (nSPS) is 11.3. The van der Waals surface area contributed by atoms with Crippen molar-refractivity contribution in [1.82, 2.24) is 4.90 Å². The summed E-state index contributed by atoms with van der Waals surface area (Å²) in [5, 5.41) is 0. The molecule has 0 radical (unpaired) electrons. The Hall–Kier alpha value is -3.37. The maximum Gasteiger partial charge on any atom is 0.137 e. The lowest BCUT2D eigenvalue weighted by Crippen LogP contribution is -2.31. The molecular weight excluding hydrogens is 470 g/mol. The highest BCUT2D eigenvalue weighted by molar-refractivity contribution is 9.10. The number of rotatable bonds is 7. The van der Waals surface area contributed by atoms with Crippen molar-refractivity contribution in [3.05, 3.63) is 130 Å². The second-order valence-corrected chi connectivity index (χ2v) is 9.10. The van der Waals surface area contributed by atoms with Gasteiger partial charge in [-0.25, -0.2) is 4.99 Å². The molecule has 166 valence electrons. The van der Waals surface area contributed by atoms with Crippen LogP contribution in [0.25, 0.3) is 0 Å². The van der Waals surface area contributed by atoms with Crippen molar-refractivity contribution >= 4 is 33.1 Å². The van der Waals surface area contributed by atoms with Gasteiger partial charge in [-0.3, -0.25) is 0 Å². The van der Waals surface area contributed by atoms with E-state index in [0.717, 1.165) is 34.6 Å². The van der Waals surface area contributed by atoms with E-state index in [1.165, 1.54) is 16.8 Å². The molecule has 4 rings (SSSR count). The summed E-state index contributed by atoms with van der Waals surface area (Å²) in [6, 6.07) is 37.9. The molecule has 0 aromatic heterocycles. The van der Waals surface area contributed by atoms with Crippen LogP contribution in [0.5, 0.6) is 0 Å². The van der Waals surface area contributed by atoms with Crippen LogP contribution in [-0.2, 0) is 13.1 Å². The molecule has 0 heterocycles. The van der Waals surface area contributed by atoms with Crippen LogP contribution in [0.1, 0.15) is 16.7 Å². The third-order valence-corrected chi connectivity index (χ3v) is 5.96. The Labute approximate surface area is 205 Å². The van der Waals surface area contributed by atoms with Crippen molar-refractivity contribution in [3.8, 4) is 0 Å². The number of anilines is 1. The van der Waals surface area contributed by atoms with Crippen molar-refractivity contribution in [1.29, 1.82) is 0 Å². The van der Waals surface area contributed by atoms with E-state index in [1.807, 2.05) is 24.3 Å². The van der Waals surface area contributed by atoms with E-state index in [9.17, 15) is 0 Å². The molecule has 0 atom stereocenters. The van der Waals surface area contributed by atoms with Gasteiger partial charge in [0.25, 0.3) is 0 Å². The number of benzene rings is 4. The quantitative estimate of drug-likeness (QED) is 0.197. The highest BCUT2D eigenvalue weighted by Crippen LogP contribution is 2.23. The standard InChI is InChI=1S/C29H28BrN3/c1-32(2)28-19-13-25(14-20-28)29(31-27-17-15-26(30)16-18-27)33(21-23-9-5-3-6-10-23)22-24-11-7-4-8-12-24/h3-20H,21-22H2,1-2H3. The topological polar surface area (TPSA) is 18.8 Å². The average Bonchev–Trinajstić information content (AvgIpc) is 2.85. The summed E-state index contributed by atoms with van der Waals surface area (Å²) < 4.78 is 1.05. The first-order chi connectivity index (χ1) is 16.1. The van der Waals surface area contributed by atoms with E-state index in [2.05, 4.69) is 125 Å². The Morgan fingerprint density at radius 3 is 1.67 bits per heavy atom. The monoisotopic (exact) mass is 497 g/mol. The summed E-state index contributed by atoms with van der Waals surface area (Å²) >= 11 is 3.53. The number of hydrogen-bond acceptors (Lipinski definition) is 2. The number of hydrogen-bond donors (Lipinski definition) is 0.